The lowest BCUT2D eigenvalue weighted by Gasteiger charge is -2.14. The van der Waals surface area contributed by atoms with Crippen LogP contribution in [0, 0.1) is 0 Å². The van der Waals surface area contributed by atoms with Crippen molar-refractivity contribution in [2.24, 2.45) is 0 Å². The van der Waals surface area contributed by atoms with Crippen LogP contribution < -0.4 is 19.5 Å². The first-order chi connectivity index (χ1) is 14.7. The summed E-state index contributed by atoms with van der Waals surface area (Å²) in [5.41, 5.74) is 1.91. The van der Waals surface area contributed by atoms with Crippen LogP contribution in [0.1, 0.15) is 17.5 Å². The van der Waals surface area contributed by atoms with Gasteiger partial charge in [0.1, 0.15) is 6.61 Å². The fourth-order valence-electron chi connectivity index (χ4n) is 2.80. The Hall–Kier alpha value is -2.47. The molecule has 0 unspecified atom stereocenters. The van der Waals surface area contributed by atoms with Crippen LogP contribution >= 0.6 is 23.2 Å². The number of rotatable bonds is 11. The van der Waals surface area contributed by atoms with Gasteiger partial charge in [-0.2, -0.15) is 0 Å². The maximum Gasteiger partial charge on any atom is 0.213 e. The van der Waals surface area contributed by atoms with Gasteiger partial charge in [0.05, 0.1) is 13.7 Å². The highest BCUT2D eigenvalue weighted by molar-refractivity contribution is 6.31. The van der Waals surface area contributed by atoms with Crippen LogP contribution in [0.2, 0.25) is 10.0 Å². The van der Waals surface area contributed by atoms with Crippen molar-refractivity contribution in [3.63, 3.8) is 0 Å². The molecule has 3 rings (SSSR count). The number of aromatic nitrogens is 1. The Kier molecular flexibility index (Phi) is 8.63. The standard InChI is InChI=1S/C23H24Cl2N2O3/c1-28-21-13-18(15-26-9-5-11-29-23-8-2-3-10-27-23)20(25)14-22(21)30-16-17-6-4-7-19(24)12-17/h2-4,6-8,10,12-14,26H,5,9,11,15-16H2,1H3. The smallest absolute Gasteiger partial charge is 0.213 e. The summed E-state index contributed by atoms with van der Waals surface area (Å²) in [4.78, 5) is 4.13. The van der Waals surface area contributed by atoms with E-state index in [1.807, 2.05) is 48.5 Å². The molecule has 0 saturated heterocycles. The predicted octanol–water partition coefficient (Wildman–Crippen LogP) is 5.53. The third-order valence-corrected chi connectivity index (χ3v) is 4.90. The summed E-state index contributed by atoms with van der Waals surface area (Å²) in [6.45, 7) is 2.38. The van der Waals surface area contributed by atoms with Gasteiger partial charge in [0, 0.05) is 34.9 Å². The molecule has 3 aromatic rings. The minimum Gasteiger partial charge on any atom is -0.493 e. The van der Waals surface area contributed by atoms with Gasteiger partial charge in [0.15, 0.2) is 11.5 Å². The van der Waals surface area contributed by atoms with Gasteiger partial charge in [-0.25, -0.2) is 4.98 Å². The number of pyridine rings is 1. The highest BCUT2D eigenvalue weighted by Gasteiger charge is 2.11. The van der Waals surface area contributed by atoms with Crippen LogP contribution in [-0.2, 0) is 13.2 Å². The van der Waals surface area contributed by atoms with Crippen molar-refractivity contribution in [3.8, 4) is 17.4 Å². The lowest BCUT2D eigenvalue weighted by Crippen LogP contribution is -2.17. The van der Waals surface area contributed by atoms with E-state index in [-0.39, 0.29) is 0 Å². The monoisotopic (exact) mass is 446 g/mol. The Labute approximate surface area is 186 Å². The Morgan fingerprint density at radius 1 is 0.967 bits per heavy atom. The lowest BCUT2D eigenvalue weighted by atomic mass is 10.2. The molecule has 2 aromatic carbocycles. The molecular weight excluding hydrogens is 423 g/mol. The second-order valence-corrected chi connectivity index (χ2v) is 7.40. The van der Waals surface area contributed by atoms with Gasteiger partial charge in [-0.05, 0) is 48.4 Å². The van der Waals surface area contributed by atoms with Crippen molar-refractivity contribution in [1.29, 1.82) is 0 Å². The maximum atomic E-state index is 6.46. The van der Waals surface area contributed by atoms with Gasteiger partial charge < -0.3 is 19.5 Å². The van der Waals surface area contributed by atoms with E-state index >= 15 is 0 Å². The van der Waals surface area contributed by atoms with E-state index in [9.17, 15) is 0 Å². The highest BCUT2D eigenvalue weighted by Crippen LogP contribution is 2.34. The normalized spacial score (nSPS) is 10.6. The number of halogens is 2. The molecule has 0 aliphatic carbocycles. The Bertz CT molecular complexity index is 939. The summed E-state index contributed by atoms with van der Waals surface area (Å²) in [6, 6.07) is 16.8. The van der Waals surface area contributed by atoms with Crippen molar-refractivity contribution in [1.82, 2.24) is 10.3 Å². The molecule has 1 N–H and O–H groups in total. The van der Waals surface area contributed by atoms with E-state index in [0.29, 0.717) is 47.2 Å². The number of nitrogens with one attached hydrogen (secondary N) is 1. The summed E-state index contributed by atoms with van der Waals surface area (Å²) in [6.07, 6.45) is 2.57. The van der Waals surface area contributed by atoms with Crippen LogP contribution in [-0.4, -0.2) is 25.2 Å². The first-order valence-electron chi connectivity index (χ1n) is 9.64. The van der Waals surface area contributed by atoms with Crippen LogP contribution in [0.4, 0.5) is 0 Å². The zero-order valence-electron chi connectivity index (χ0n) is 16.7. The number of benzene rings is 2. The summed E-state index contributed by atoms with van der Waals surface area (Å²) in [5, 5.41) is 4.66. The molecule has 5 nitrogen and oxygen atoms in total. The van der Waals surface area contributed by atoms with Crippen LogP contribution in [0.15, 0.2) is 60.8 Å². The summed E-state index contributed by atoms with van der Waals surface area (Å²) < 4.78 is 17.0. The van der Waals surface area contributed by atoms with E-state index in [1.165, 1.54) is 0 Å². The fourth-order valence-corrected chi connectivity index (χ4v) is 3.24. The molecule has 0 spiro atoms. The largest absolute Gasteiger partial charge is 0.493 e. The SMILES string of the molecule is COc1cc(CNCCCOc2ccccn2)c(Cl)cc1OCc1cccc(Cl)c1. The highest BCUT2D eigenvalue weighted by atomic mass is 35.5. The lowest BCUT2D eigenvalue weighted by molar-refractivity contribution is 0.284. The average Bonchev–Trinajstić information content (AvgIpc) is 2.76. The second-order valence-electron chi connectivity index (χ2n) is 6.56. The summed E-state index contributed by atoms with van der Waals surface area (Å²) >= 11 is 12.5. The molecule has 30 heavy (non-hydrogen) atoms. The third-order valence-electron chi connectivity index (χ3n) is 4.32. The number of nitrogens with zero attached hydrogens (tertiary/aromatic N) is 1. The summed E-state index contributed by atoms with van der Waals surface area (Å²) in [5.74, 6) is 1.87. The molecule has 0 amide bonds. The Morgan fingerprint density at radius 2 is 1.87 bits per heavy atom. The van der Waals surface area contributed by atoms with Gasteiger partial charge in [-0.15, -0.1) is 0 Å². The first-order valence-corrected chi connectivity index (χ1v) is 10.4. The van der Waals surface area contributed by atoms with Crippen molar-refractivity contribution >= 4 is 23.2 Å². The van der Waals surface area contributed by atoms with E-state index in [4.69, 9.17) is 37.4 Å². The quantitative estimate of drug-likeness (QED) is 0.392. The molecule has 7 heteroatoms. The second kappa shape index (κ2) is 11.6. The molecule has 0 radical (unpaired) electrons. The Morgan fingerprint density at radius 3 is 2.63 bits per heavy atom. The third kappa shape index (κ3) is 6.80. The molecule has 0 aliphatic heterocycles. The van der Waals surface area contributed by atoms with E-state index in [2.05, 4.69) is 10.3 Å². The molecular formula is C23H24Cl2N2O3. The minimum atomic E-state index is 0.376. The van der Waals surface area contributed by atoms with E-state index in [0.717, 1.165) is 24.1 Å². The average molecular weight is 447 g/mol. The Balaban J connectivity index is 1.48. The van der Waals surface area contributed by atoms with Crippen LogP contribution in [0.3, 0.4) is 0 Å². The fraction of sp³-hybridized carbons (Fsp3) is 0.261. The molecule has 0 saturated carbocycles. The maximum absolute atomic E-state index is 6.46. The number of hydrogen-bond donors (Lipinski definition) is 1. The first kappa shape index (κ1) is 22.2. The number of hydrogen-bond acceptors (Lipinski definition) is 5. The van der Waals surface area contributed by atoms with Crippen LogP contribution in [0.5, 0.6) is 17.4 Å². The van der Waals surface area contributed by atoms with E-state index < -0.39 is 0 Å². The van der Waals surface area contributed by atoms with Crippen molar-refractivity contribution < 1.29 is 14.2 Å². The molecule has 158 valence electrons. The van der Waals surface area contributed by atoms with Crippen molar-refractivity contribution in [2.45, 2.75) is 19.6 Å². The molecule has 0 fully saturated rings. The molecule has 1 aromatic heterocycles. The van der Waals surface area contributed by atoms with E-state index in [1.54, 1.807) is 19.4 Å². The van der Waals surface area contributed by atoms with Gasteiger partial charge in [0.25, 0.3) is 0 Å². The van der Waals surface area contributed by atoms with Crippen LogP contribution in [0.25, 0.3) is 0 Å². The minimum absolute atomic E-state index is 0.376. The zero-order chi connectivity index (χ0) is 21.2. The zero-order valence-corrected chi connectivity index (χ0v) is 18.2. The van der Waals surface area contributed by atoms with Crippen molar-refractivity contribution in [3.05, 3.63) is 82.0 Å². The molecule has 0 aliphatic rings. The summed E-state index contributed by atoms with van der Waals surface area (Å²) in [7, 11) is 1.61. The molecule has 1 heterocycles. The number of methoxy groups -OCH3 is 1. The van der Waals surface area contributed by atoms with Gasteiger partial charge in [-0.1, -0.05) is 41.4 Å². The number of ether oxygens (including phenoxy) is 3. The van der Waals surface area contributed by atoms with Crippen molar-refractivity contribution in [2.75, 3.05) is 20.3 Å². The van der Waals surface area contributed by atoms with Gasteiger partial charge in [0.2, 0.25) is 5.88 Å². The van der Waals surface area contributed by atoms with Gasteiger partial charge >= 0.3 is 0 Å². The molecule has 0 atom stereocenters. The topological polar surface area (TPSA) is 52.6 Å². The van der Waals surface area contributed by atoms with Gasteiger partial charge in [-0.3, -0.25) is 0 Å². The predicted molar refractivity (Wildman–Crippen MR) is 120 cm³/mol. The molecule has 0 bridgehead atoms.